The second kappa shape index (κ2) is 6.21. The Morgan fingerprint density at radius 1 is 1.18 bits per heavy atom. The highest BCUT2D eigenvalue weighted by Gasteiger charge is 2.18. The minimum atomic E-state index is -0.538. The molecule has 0 spiro atoms. The molecule has 0 aliphatic carbocycles. The maximum Gasteiger partial charge on any atom is 0.269 e. The largest absolute Gasteiger partial charge is 0.321 e. The van der Waals surface area contributed by atoms with Crippen molar-refractivity contribution in [2.24, 2.45) is 0 Å². The van der Waals surface area contributed by atoms with E-state index >= 15 is 0 Å². The predicted molar refractivity (Wildman–Crippen MR) is 84.7 cm³/mol. The first-order valence-electron chi connectivity index (χ1n) is 6.29. The van der Waals surface area contributed by atoms with Gasteiger partial charge in [-0.15, -0.1) is 5.10 Å². The standard InChI is InChI=1S/C15H9ClFN3OS/c16-11-8-10(6-7-12(11)17)18-15(21)14-13(19-20-22-14)9-4-2-1-3-5-9/h1-8H,(H,18,21). The summed E-state index contributed by atoms with van der Waals surface area (Å²) in [4.78, 5) is 12.7. The van der Waals surface area contributed by atoms with Crippen LogP contribution in [0.1, 0.15) is 9.67 Å². The van der Waals surface area contributed by atoms with Gasteiger partial charge in [-0.25, -0.2) is 4.39 Å². The van der Waals surface area contributed by atoms with Gasteiger partial charge in [-0.3, -0.25) is 4.79 Å². The van der Waals surface area contributed by atoms with Gasteiger partial charge in [-0.1, -0.05) is 46.4 Å². The molecular weight excluding hydrogens is 325 g/mol. The van der Waals surface area contributed by atoms with Crippen LogP contribution >= 0.6 is 23.1 Å². The van der Waals surface area contributed by atoms with Crippen molar-refractivity contribution in [1.29, 1.82) is 0 Å². The van der Waals surface area contributed by atoms with E-state index in [9.17, 15) is 9.18 Å². The number of hydrogen-bond acceptors (Lipinski definition) is 4. The van der Waals surface area contributed by atoms with Crippen molar-refractivity contribution in [3.63, 3.8) is 0 Å². The van der Waals surface area contributed by atoms with E-state index in [-0.39, 0.29) is 10.9 Å². The quantitative estimate of drug-likeness (QED) is 0.779. The van der Waals surface area contributed by atoms with E-state index in [1.165, 1.54) is 18.2 Å². The molecule has 7 heteroatoms. The summed E-state index contributed by atoms with van der Waals surface area (Å²) < 4.78 is 17.0. The fourth-order valence-electron chi connectivity index (χ4n) is 1.89. The van der Waals surface area contributed by atoms with Crippen molar-refractivity contribution < 1.29 is 9.18 Å². The van der Waals surface area contributed by atoms with E-state index < -0.39 is 5.82 Å². The maximum atomic E-state index is 13.1. The first-order chi connectivity index (χ1) is 10.6. The lowest BCUT2D eigenvalue weighted by molar-refractivity contribution is 0.103. The summed E-state index contributed by atoms with van der Waals surface area (Å²) in [5, 5.41) is 6.61. The van der Waals surface area contributed by atoms with Crippen LogP contribution in [0.2, 0.25) is 5.02 Å². The summed E-state index contributed by atoms with van der Waals surface area (Å²) in [7, 11) is 0. The summed E-state index contributed by atoms with van der Waals surface area (Å²) in [5.74, 6) is -0.902. The maximum absolute atomic E-state index is 13.1. The van der Waals surface area contributed by atoms with E-state index in [2.05, 4.69) is 14.9 Å². The molecule has 1 heterocycles. The van der Waals surface area contributed by atoms with Gasteiger partial charge in [-0.05, 0) is 29.7 Å². The van der Waals surface area contributed by atoms with Crippen LogP contribution in [0.5, 0.6) is 0 Å². The molecule has 0 unspecified atom stereocenters. The van der Waals surface area contributed by atoms with Crippen LogP contribution < -0.4 is 5.32 Å². The SMILES string of the molecule is O=C(Nc1ccc(F)c(Cl)c1)c1snnc1-c1ccccc1. The van der Waals surface area contributed by atoms with Crippen LogP contribution in [0.4, 0.5) is 10.1 Å². The molecule has 0 radical (unpaired) electrons. The minimum absolute atomic E-state index is 0.0523. The van der Waals surface area contributed by atoms with Crippen molar-refractivity contribution in [3.05, 3.63) is 64.2 Å². The first kappa shape index (κ1) is 14.6. The number of nitrogens with one attached hydrogen (secondary N) is 1. The van der Waals surface area contributed by atoms with Gasteiger partial charge in [0.2, 0.25) is 0 Å². The summed E-state index contributed by atoms with van der Waals surface area (Å²) in [6.07, 6.45) is 0. The Labute approximate surface area is 134 Å². The highest BCUT2D eigenvalue weighted by molar-refractivity contribution is 7.08. The molecule has 1 aromatic heterocycles. The second-order valence-corrected chi connectivity index (χ2v) is 5.56. The number of rotatable bonds is 3. The van der Waals surface area contributed by atoms with E-state index in [1.807, 2.05) is 30.3 Å². The monoisotopic (exact) mass is 333 g/mol. The lowest BCUT2D eigenvalue weighted by atomic mass is 10.1. The molecule has 0 atom stereocenters. The van der Waals surface area contributed by atoms with Gasteiger partial charge >= 0.3 is 0 Å². The normalized spacial score (nSPS) is 10.5. The number of halogens is 2. The third kappa shape index (κ3) is 2.98. The molecule has 4 nitrogen and oxygen atoms in total. The van der Waals surface area contributed by atoms with Crippen molar-refractivity contribution >= 4 is 34.7 Å². The molecule has 0 fully saturated rings. The fraction of sp³-hybridized carbons (Fsp3) is 0. The molecule has 0 bridgehead atoms. The van der Waals surface area contributed by atoms with Gasteiger partial charge in [-0.2, -0.15) is 0 Å². The number of nitrogens with zero attached hydrogens (tertiary/aromatic N) is 2. The van der Waals surface area contributed by atoms with E-state index in [1.54, 1.807) is 0 Å². The summed E-state index contributed by atoms with van der Waals surface area (Å²) in [5.41, 5.74) is 1.72. The molecule has 22 heavy (non-hydrogen) atoms. The average molecular weight is 334 g/mol. The number of carbonyl (C=O) groups is 1. The minimum Gasteiger partial charge on any atom is -0.321 e. The van der Waals surface area contributed by atoms with E-state index in [0.29, 0.717) is 16.3 Å². The molecule has 0 saturated heterocycles. The highest BCUT2D eigenvalue weighted by atomic mass is 35.5. The van der Waals surface area contributed by atoms with Crippen LogP contribution in [0.25, 0.3) is 11.3 Å². The highest BCUT2D eigenvalue weighted by Crippen LogP contribution is 2.25. The fourth-order valence-corrected chi connectivity index (χ4v) is 2.65. The number of amides is 1. The van der Waals surface area contributed by atoms with Crippen LogP contribution in [-0.4, -0.2) is 15.5 Å². The van der Waals surface area contributed by atoms with Gasteiger partial charge < -0.3 is 5.32 Å². The van der Waals surface area contributed by atoms with Gasteiger partial charge in [0.15, 0.2) is 0 Å². The second-order valence-electron chi connectivity index (χ2n) is 4.40. The molecular formula is C15H9ClFN3OS. The van der Waals surface area contributed by atoms with E-state index in [0.717, 1.165) is 17.1 Å². The summed E-state index contributed by atoms with van der Waals surface area (Å²) >= 11 is 6.70. The molecule has 3 rings (SSSR count). The third-order valence-corrected chi connectivity index (χ3v) is 3.93. The van der Waals surface area contributed by atoms with Crippen LogP contribution in [-0.2, 0) is 0 Å². The Morgan fingerprint density at radius 3 is 2.68 bits per heavy atom. The zero-order chi connectivity index (χ0) is 15.5. The Kier molecular flexibility index (Phi) is 4.13. The van der Waals surface area contributed by atoms with Gasteiger partial charge in [0.1, 0.15) is 16.4 Å². The van der Waals surface area contributed by atoms with Crippen LogP contribution in [0.15, 0.2) is 48.5 Å². The molecule has 1 amide bonds. The Balaban J connectivity index is 1.87. The molecule has 0 saturated carbocycles. The van der Waals surface area contributed by atoms with Crippen molar-refractivity contribution in [2.75, 3.05) is 5.32 Å². The number of carbonyl (C=O) groups excluding carboxylic acids is 1. The summed E-state index contributed by atoms with van der Waals surface area (Å²) in [6.45, 7) is 0. The Morgan fingerprint density at radius 2 is 1.95 bits per heavy atom. The van der Waals surface area contributed by atoms with Gasteiger partial charge in [0.25, 0.3) is 5.91 Å². The van der Waals surface area contributed by atoms with Crippen molar-refractivity contribution in [1.82, 2.24) is 9.59 Å². The van der Waals surface area contributed by atoms with Crippen LogP contribution in [0.3, 0.4) is 0 Å². The van der Waals surface area contributed by atoms with Crippen molar-refractivity contribution in [3.8, 4) is 11.3 Å². The van der Waals surface area contributed by atoms with E-state index in [4.69, 9.17) is 11.6 Å². The molecule has 2 aromatic carbocycles. The summed E-state index contributed by atoms with van der Waals surface area (Å²) in [6, 6.07) is 13.3. The molecule has 110 valence electrons. The topological polar surface area (TPSA) is 54.9 Å². The number of hydrogen-bond donors (Lipinski definition) is 1. The number of benzene rings is 2. The third-order valence-electron chi connectivity index (χ3n) is 2.92. The number of aromatic nitrogens is 2. The average Bonchev–Trinajstić information content (AvgIpc) is 3.01. The first-order valence-corrected chi connectivity index (χ1v) is 7.44. The van der Waals surface area contributed by atoms with Gasteiger partial charge in [0, 0.05) is 11.3 Å². The molecule has 0 aliphatic rings. The lowest BCUT2D eigenvalue weighted by Crippen LogP contribution is -2.11. The lowest BCUT2D eigenvalue weighted by Gasteiger charge is -2.05. The zero-order valence-electron chi connectivity index (χ0n) is 11.1. The van der Waals surface area contributed by atoms with Crippen molar-refractivity contribution in [2.45, 2.75) is 0 Å². The Bertz CT molecular complexity index is 823. The molecule has 3 aromatic rings. The van der Waals surface area contributed by atoms with Crippen LogP contribution in [0, 0.1) is 5.82 Å². The molecule has 0 aliphatic heterocycles. The Hall–Kier alpha value is -2.31. The zero-order valence-corrected chi connectivity index (χ0v) is 12.7. The number of anilines is 1. The van der Waals surface area contributed by atoms with Gasteiger partial charge in [0.05, 0.1) is 5.02 Å². The smallest absolute Gasteiger partial charge is 0.269 e. The molecule has 1 N–H and O–H groups in total. The predicted octanol–water partition coefficient (Wildman–Crippen LogP) is 4.25.